The number of nitrogens with zero attached hydrogens (tertiary/aromatic N) is 2. The fourth-order valence-corrected chi connectivity index (χ4v) is 3.17. The van der Waals surface area contributed by atoms with Crippen molar-refractivity contribution in [3.63, 3.8) is 0 Å². The minimum Gasteiger partial charge on any atom is -0.385 e. The molecule has 2 aromatic rings. The second-order valence-electron chi connectivity index (χ2n) is 7.03. The fourth-order valence-electron chi connectivity index (χ4n) is 3.17. The fraction of sp³-hybridized carbons (Fsp3) is 0.429. The Morgan fingerprint density at radius 3 is 2.65 bits per heavy atom. The van der Waals surface area contributed by atoms with E-state index < -0.39 is 0 Å². The van der Waals surface area contributed by atoms with Gasteiger partial charge in [0.1, 0.15) is 0 Å². The molecule has 138 valence electrons. The molecule has 5 nitrogen and oxygen atoms in total. The molecule has 5 heteroatoms. The average Bonchev–Trinajstić information content (AvgIpc) is 2.68. The maximum atomic E-state index is 11.9. The van der Waals surface area contributed by atoms with Gasteiger partial charge in [-0.05, 0) is 54.7 Å². The van der Waals surface area contributed by atoms with Gasteiger partial charge < -0.3 is 15.5 Å². The van der Waals surface area contributed by atoms with Gasteiger partial charge in [0, 0.05) is 56.4 Å². The molecule has 3 rings (SSSR count). The summed E-state index contributed by atoms with van der Waals surface area (Å²) in [6.45, 7) is 5.77. The topological polar surface area (TPSA) is 57.3 Å². The van der Waals surface area contributed by atoms with Crippen LogP contribution in [0.3, 0.4) is 0 Å². The Bertz CT molecular complexity index is 679. The van der Waals surface area contributed by atoms with Crippen molar-refractivity contribution in [2.45, 2.75) is 32.7 Å². The molecule has 0 atom stereocenters. The lowest BCUT2D eigenvalue weighted by atomic mass is 9.99. The van der Waals surface area contributed by atoms with Crippen molar-refractivity contribution in [3.05, 3.63) is 54.4 Å². The van der Waals surface area contributed by atoms with E-state index in [4.69, 9.17) is 0 Å². The summed E-state index contributed by atoms with van der Waals surface area (Å²) in [7, 11) is 0. The van der Waals surface area contributed by atoms with Gasteiger partial charge in [-0.15, -0.1) is 0 Å². The summed E-state index contributed by atoms with van der Waals surface area (Å²) in [5.74, 6) is 0.886. The number of anilines is 2. The van der Waals surface area contributed by atoms with Gasteiger partial charge in [0.2, 0.25) is 5.91 Å². The van der Waals surface area contributed by atoms with Gasteiger partial charge in [-0.1, -0.05) is 13.0 Å². The molecule has 26 heavy (non-hydrogen) atoms. The highest BCUT2D eigenvalue weighted by molar-refractivity contribution is 5.76. The van der Waals surface area contributed by atoms with Crippen LogP contribution in [0.2, 0.25) is 0 Å². The van der Waals surface area contributed by atoms with Crippen LogP contribution in [0.4, 0.5) is 11.4 Å². The number of amides is 1. The minimum absolute atomic E-state index is 0.0420. The van der Waals surface area contributed by atoms with Crippen LogP contribution in [0, 0.1) is 5.92 Å². The van der Waals surface area contributed by atoms with Crippen molar-refractivity contribution >= 4 is 17.3 Å². The number of piperidine rings is 1. The number of benzene rings is 1. The van der Waals surface area contributed by atoms with Crippen LogP contribution >= 0.6 is 0 Å². The number of nitrogens with one attached hydrogen (secondary N) is 2. The lowest BCUT2D eigenvalue weighted by Gasteiger charge is -2.32. The van der Waals surface area contributed by atoms with Gasteiger partial charge in [0.05, 0.1) is 0 Å². The highest BCUT2D eigenvalue weighted by Crippen LogP contribution is 2.24. The van der Waals surface area contributed by atoms with E-state index in [2.05, 4.69) is 51.7 Å². The van der Waals surface area contributed by atoms with Crippen LogP contribution < -0.4 is 15.5 Å². The van der Waals surface area contributed by atoms with E-state index in [0.717, 1.165) is 30.3 Å². The highest BCUT2D eigenvalue weighted by Gasteiger charge is 2.15. The lowest BCUT2D eigenvalue weighted by Crippen LogP contribution is -2.32. The van der Waals surface area contributed by atoms with E-state index in [1.165, 1.54) is 18.5 Å². The molecule has 1 fully saturated rings. The molecule has 0 unspecified atom stereocenters. The van der Waals surface area contributed by atoms with Crippen molar-refractivity contribution in [2.75, 3.05) is 29.9 Å². The number of rotatable bonds is 7. The molecular formula is C21H28N4O. The van der Waals surface area contributed by atoms with Crippen molar-refractivity contribution in [1.82, 2.24) is 10.3 Å². The monoisotopic (exact) mass is 352 g/mol. The van der Waals surface area contributed by atoms with Crippen LogP contribution in [0.1, 0.15) is 31.7 Å². The summed E-state index contributed by atoms with van der Waals surface area (Å²) in [6.07, 6.45) is 6.49. The number of hydrogen-bond acceptors (Lipinski definition) is 4. The number of aromatic nitrogens is 1. The molecule has 0 radical (unpaired) electrons. The van der Waals surface area contributed by atoms with Gasteiger partial charge in [0.25, 0.3) is 0 Å². The first-order valence-electron chi connectivity index (χ1n) is 9.45. The quantitative estimate of drug-likeness (QED) is 0.801. The SMILES string of the molecule is CC1CCN(c2ccc(NCCC(=O)NCc3cccnc3)cc2)CC1. The molecule has 0 spiro atoms. The first kappa shape index (κ1) is 18.2. The molecule has 2 heterocycles. The summed E-state index contributed by atoms with van der Waals surface area (Å²) in [4.78, 5) is 18.4. The average molecular weight is 352 g/mol. The molecule has 1 aromatic heterocycles. The predicted octanol–water partition coefficient (Wildman–Crippen LogP) is 3.44. The standard InChI is InChI=1S/C21H28N4O/c1-17-9-13-25(14-10-17)20-6-4-19(5-7-20)23-12-8-21(26)24-16-18-3-2-11-22-15-18/h2-7,11,15,17,23H,8-10,12-14,16H2,1H3,(H,24,26). The van der Waals surface area contributed by atoms with E-state index in [1.54, 1.807) is 12.4 Å². The Morgan fingerprint density at radius 2 is 1.96 bits per heavy atom. The first-order chi connectivity index (χ1) is 12.7. The molecule has 0 bridgehead atoms. The molecule has 0 aliphatic carbocycles. The van der Waals surface area contributed by atoms with Crippen LogP contribution in [-0.4, -0.2) is 30.5 Å². The first-order valence-corrected chi connectivity index (χ1v) is 9.45. The summed E-state index contributed by atoms with van der Waals surface area (Å²) in [6, 6.07) is 12.4. The molecule has 1 aliphatic heterocycles. The molecule has 1 amide bonds. The maximum absolute atomic E-state index is 11.9. The zero-order chi connectivity index (χ0) is 18.2. The van der Waals surface area contributed by atoms with Crippen LogP contribution in [-0.2, 0) is 11.3 Å². The number of carbonyl (C=O) groups excluding carboxylic acids is 1. The summed E-state index contributed by atoms with van der Waals surface area (Å²) < 4.78 is 0. The summed E-state index contributed by atoms with van der Waals surface area (Å²) in [5.41, 5.74) is 3.35. The van der Waals surface area contributed by atoms with Gasteiger partial charge in [0.15, 0.2) is 0 Å². The Morgan fingerprint density at radius 1 is 1.19 bits per heavy atom. The lowest BCUT2D eigenvalue weighted by molar-refractivity contribution is -0.121. The second-order valence-corrected chi connectivity index (χ2v) is 7.03. The Balaban J connectivity index is 1.37. The summed E-state index contributed by atoms with van der Waals surface area (Å²) in [5, 5.41) is 6.23. The van der Waals surface area contributed by atoms with Gasteiger partial charge in [-0.2, -0.15) is 0 Å². The van der Waals surface area contributed by atoms with E-state index in [9.17, 15) is 4.79 Å². The predicted molar refractivity (Wildman–Crippen MR) is 106 cm³/mol. The van der Waals surface area contributed by atoms with Crippen molar-refractivity contribution in [3.8, 4) is 0 Å². The van der Waals surface area contributed by atoms with Gasteiger partial charge in [-0.3, -0.25) is 9.78 Å². The number of hydrogen-bond donors (Lipinski definition) is 2. The zero-order valence-corrected chi connectivity index (χ0v) is 15.4. The third-order valence-corrected chi connectivity index (χ3v) is 4.91. The molecule has 1 aliphatic rings. The molecule has 0 saturated carbocycles. The minimum atomic E-state index is 0.0420. The van der Waals surface area contributed by atoms with Crippen LogP contribution in [0.5, 0.6) is 0 Å². The second kappa shape index (κ2) is 9.22. The molecule has 2 N–H and O–H groups in total. The van der Waals surface area contributed by atoms with E-state index in [1.807, 2.05) is 12.1 Å². The van der Waals surface area contributed by atoms with E-state index in [-0.39, 0.29) is 5.91 Å². The van der Waals surface area contributed by atoms with E-state index >= 15 is 0 Å². The van der Waals surface area contributed by atoms with Crippen LogP contribution in [0.15, 0.2) is 48.8 Å². The number of carbonyl (C=O) groups is 1. The molecular weight excluding hydrogens is 324 g/mol. The normalized spacial score (nSPS) is 14.9. The van der Waals surface area contributed by atoms with E-state index in [0.29, 0.717) is 19.5 Å². The van der Waals surface area contributed by atoms with Gasteiger partial charge in [-0.25, -0.2) is 0 Å². The van der Waals surface area contributed by atoms with Gasteiger partial charge >= 0.3 is 0 Å². The largest absolute Gasteiger partial charge is 0.385 e. The van der Waals surface area contributed by atoms with Crippen molar-refractivity contribution in [1.29, 1.82) is 0 Å². The van der Waals surface area contributed by atoms with Crippen LogP contribution in [0.25, 0.3) is 0 Å². The van der Waals surface area contributed by atoms with Crippen molar-refractivity contribution in [2.24, 2.45) is 5.92 Å². The highest BCUT2D eigenvalue weighted by atomic mass is 16.1. The third kappa shape index (κ3) is 5.48. The molecule has 1 aromatic carbocycles. The number of pyridine rings is 1. The Hall–Kier alpha value is -2.56. The Kier molecular flexibility index (Phi) is 6.47. The smallest absolute Gasteiger partial charge is 0.222 e. The Labute approximate surface area is 155 Å². The van der Waals surface area contributed by atoms with Crippen molar-refractivity contribution < 1.29 is 4.79 Å². The third-order valence-electron chi connectivity index (χ3n) is 4.91. The molecule has 1 saturated heterocycles. The zero-order valence-electron chi connectivity index (χ0n) is 15.4. The summed E-state index contributed by atoms with van der Waals surface area (Å²) >= 11 is 0. The maximum Gasteiger partial charge on any atom is 0.222 e.